The molecule has 0 aliphatic heterocycles. The molecule has 0 unspecified atom stereocenters. The summed E-state index contributed by atoms with van der Waals surface area (Å²) in [6.45, 7) is 2.27. The minimum atomic E-state index is -3.47. The van der Waals surface area contributed by atoms with Gasteiger partial charge in [0.05, 0.1) is 17.3 Å². The number of alkyl halides is 1. The molecule has 1 aromatic heterocycles. The van der Waals surface area contributed by atoms with Gasteiger partial charge >= 0.3 is 0 Å². The molecule has 1 aromatic rings. The molecule has 1 aliphatic rings. The predicted molar refractivity (Wildman–Crippen MR) is 65.4 cm³/mol. The van der Waals surface area contributed by atoms with Crippen LogP contribution in [0.1, 0.15) is 24.2 Å². The zero-order valence-electron chi connectivity index (χ0n) is 9.90. The fraction of sp³-hybridized carbons (Fsp3) is 0.700. The number of nitrogens with zero attached hydrogens (tertiary/aromatic N) is 2. The average molecular weight is 278 g/mol. The van der Waals surface area contributed by atoms with E-state index in [4.69, 9.17) is 11.6 Å². The third-order valence-electron chi connectivity index (χ3n) is 2.97. The highest BCUT2D eigenvalue weighted by atomic mass is 35.5. The number of H-pyrrole nitrogens is 1. The molecule has 0 saturated heterocycles. The van der Waals surface area contributed by atoms with Gasteiger partial charge in [-0.2, -0.15) is 5.10 Å². The van der Waals surface area contributed by atoms with Gasteiger partial charge in [0.15, 0.2) is 0 Å². The summed E-state index contributed by atoms with van der Waals surface area (Å²) in [6, 6.07) is 0. The van der Waals surface area contributed by atoms with Crippen LogP contribution in [0.3, 0.4) is 0 Å². The lowest BCUT2D eigenvalue weighted by Crippen LogP contribution is -2.29. The summed E-state index contributed by atoms with van der Waals surface area (Å²) in [6.07, 6.45) is 2.24. The second-order valence-electron chi connectivity index (χ2n) is 4.49. The smallest absolute Gasteiger partial charge is 0.246 e. The van der Waals surface area contributed by atoms with Crippen LogP contribution in [-0.2, 0) is 15.9 Å². The maximum Gasteiger partial charge on any atom is 0.246 e. The zero-order valence-corrected chi connectivity index (χ0v) is 11.5. The van der Waals surface area contributed by atoms with E-state index in [1.807, 2.05) is 0 Å². The minimum absolute atomic E-state index is 0.0934. The Kier molecular flexibility index (Phi) is 3.47. The first-order valence-corrected chi connectivity index (χ1v) is 7.50. The number of rotatable bonds is 5. The molecule has 1 fully saturated rings. The number of halogens is 1. The lowest BCUT2D eigenvalue weighted by Gasteiger charge is -2.17. The number of nitrogens with one attached hydrogen (secondary N) is 1. The molecule has 96 valence electrons. The van der Waals surface area contributed by atoms with Gasteiger partial charge in [-0.3, -0.25) is 5.10 Å². The van der Waals surface area contributed by atoms with Gasteiger partial charge in [0.2, 0.25) is 10.0 Å². The fourth-order valence-electron chi connectivity index (χ4n) is 1.82. The van der Waals surface area contributed by atoms with E-state index in [0.717, 1.165) is 12.8 Å². The van der Waals surface area contributed by atoms with Crippen molar-refractivity contribution in [2.75, 3.05) is 13.6 Å². The molecule has 0 aromatic carbocycles. The van der Waals surface area contributed by atoms with Crippen LogP contribution < -0.4 is 0 Å². The standard InChI is InChI=1S/C10H16ClN3O2S/c1-7-10(9(5-11)13-12-7)17(15,16)14(2)6-8-3-4-8/h8H,3-6H2,1-2H3,(H,12,13). The van der Waals surface area contributed by atoms with Crippen molar-refractivity contribution >= 4 is 21.6 Å². The zero-order chi connectivity index (χ0) is 12.6. The topological polar surface area (TPSA) is 66.1 Å². The highest BCUT2D eigenvalue weighted by Crippen LogP contribution is 2.31. The van der Waals surface area contributed by atoms with Crippen molar-refractivity contribution < 1.29 is 8.42 Å². The third-order valence-corrected chi connectivity index (χ3v) is 5.25. The molecular weight excluding hydrogens is 262 g/mol. The summed E-state index contributed by atoms with van der Waals surface area (Å²) in [5.41, 5.74) is 0.940. The van der Waals surface area contributed by atoms with Crippen LogP contribution in [-0.4, -0.2) is 36.5 Å². The van der Waals surface area contributed by atoms with Gasteiger partial charge in [-0.1, -0.05) is 0 Å². The molecule has 1 heterocycles. The molecular formula is C10H16ClN3O2S. The molecule has 0 atom stereocenters. The minimum Gasteiger partial charge on any atom is -0.281 e. The molecule has 0 amide bonds. The Bertz CT molecular complexity index is 508. The summed E-state index contributed by atoms with van der Waals surface area (Å²) in [7, 11) is -1.86. The largest absolute Gasteiger partial charge is 0.281 e. The van der Waals surface area contributed by atoms with E-state index in [1.54, 1.807) is 14.0 Å². The van der Waals surface area contributed by atoms with Gasteiger partial charge in [0.25, 0.3) is 0 Å². The molecule has 0 bridgehead atoms. The van der Waals surface area contributed by atoms with E-state index in [-0.39, 0.29) is 10.8 Å². The van der Waals surface area contributed by atoms with E-state index >= 15 is 0 Å². The first-order valence-electron chi connectivity index (χ1n) is 5.53. The molecule has 5 nitrogen and oxygen atoms in total. The number of aromatic nitrogens is 2. The Balaban J connectivity index is 2.32. The van der Waals surface area contributed by atoms with Crippen molar-refractivity contribution in [3.05, 3.63) is 11.4 Å². The van der Waals surface area contributed by atoms with E-state index in [1.165, 1.54) is 4.31 Å². The van der Waals surface area contributed by atoms with Crippen LogP contribution in [0.4, 0.5) is 0 Å². The van der Waals surface area contributed by atoms with Gasteiger partial charge in [-0.05, 0) is 25.7 Å². The Morgan fingerprint density at radius 2 is 2.18 bits per heavy atom. The van der Waals surface area contributed by atoms with Crippen molar-refractivity contribution in [3.8, 4) is 0 Å². The summed E-state index contributed by atoms with van der Waals surface area (Å²) in [5.74, 6) is 0.609. The van der Waals surface area contributed by atoms with Crippen molar-refractivity contribution in [2.45, 2.75) is 30.5 Å². The van der Waals surface area contributed by atoms with E-state index in [2.05, 4.69) is 10.2 Å². The first kappa shape index (κ1) is 12.9. The highest BCUT2D eigenvalue weighted by molar-refractivity contribution is 7.89. The summed E-state index contributed by atoms with van der Waals surface area (Å²) in [5, 5.41) is 6.59. The summed E-state index contributed by atoms with van der Waals surface area (Å²) in [4.78, 5) is 0.232. The van der Waals surface area contributed by atoms with Gasteiger partial charge in [0, 0.05) is 13.6 Å². The Morgan fingerprint density at radius 1 is 1.53 bits per heavy atom. The van der Waals surface area contributed by atoms with Crippen LogP contribution in [0.2, 0.25) is 0 Å². The maximum atomic E-state index is 12.4. The van der Waals surface area contributed by atoms with E-state index < -0.39 is 10.0 Å². The second-order valence-corrected chi connectivity index (χ2v) is 6.74. The van der Waals surface area contributed by atoms with Crippen LogP contribution in [0.25, 0.3) is 0 Å². The van der Waals surface area contributed by atoms with E-state index in [9.17, 15) is 8.42 Å². The summed E-state index contributed by atoms with van der Waals surface area (Å²) < 4.78 is 26.1. The molecule has 7 heteroatoms. The molecule has 1 N–H and O–H groups in total. The number of hydrogen-bond acceptors (Lipinski definition) is 3. The predicted octanol–water partition coefficient (Wildman–Crippen LogP) is 1.49. The Labute approximate surface area is 106 Å². The Hall–Kier alpha value is -0.590. The van der Waals surface area contributed by atoms with Crippen molar-refractivity contribution in [3.63, 3.8) is 0 Å². The third kappa shape index (κ3) is 2.48. The van der Waals surface area contributed by atoms with Crippen molar-refractivity contribution in [1.29, 1.82) is 0 Å². The Morgan fingerprint density at radius 3 is 2.71 bits per heavy atom. The monoisotopic (exact) mass is 277 g/mol. The van der Waals surface area contributed by atoms with Crippen LogP contribution >= 0.6 is 11.6 Å². The molecule has 0 spiro atoms. The van der Waals surface area contributed by atoms with Gasteiger partial charge < -0.3 is 0 Å². The quantitative estimate of drug-likeness (QED) is 0.829. The SMILES string of the molecule is Cc1[nH]nc(CCl)c1S(=O)(=O)N(C)CC1CC1. The number of aryl methyl sites for hydroxylation is 1. The highest BCUT2D eigenvalue weighted by Gasteiger charge is 2.32. The van der Waals surface area contributed by atoms with Crippen LogP contribution in [0, 0.1) is 12.8 Å². The number of sulfonamides is 1. The molecule has 2 rings (SSSR count). The number of hydrogen-bond donors (Lipinski definition) is 1. The maximum absolute atomic E-state index is 12.4. The van der Waals surface area contributed by atoms with Gasteiger partial charge in [-0.15, -0.1) is 11.6 Å². The van der Waals surface area contributed by atoms with Crippen molar-refractivity contribution in [1.82, 2.24) is 14.5 Å². The second kappa shape index (κ2) is 4.59. The normalized spacial score (nSPS) is 16.7. The van der Waals surface area contributed by atoms with Gasteiger partial charge in [0.1, 0.15) is 4.90 Å². The lowest BCUT2D eigenvalue weighted by molar-refractivity contribution is 0.452. The average Bonchev–Trinajstić information content (AvgIpc) is 2.99. The van der Waals surface area contributed by atoms with E-state index in [0.29, 0.717) is 23.9 Å². The molecule has 17 heavy (non-hydrogen) atoms. The summed E-state index contributed by atoms with van der Waals surface area (Å²) >= 11 is 5.71. The van der Waals surface area contributed by atoms with Crippen LogP contribution in [0.15, 0.2) is 4.90 Å². The van der Waals surface area contributed by atoms with Gasteiger partial charge in [-0.25, -0.2) is 12.7 Å². The fourth-order valence-corrected chi connectivity index (χ4v) is 3.66. The van der Waals surface area contributed by atoms with Crippen LogP contribution in [0.5, 0.6) is 0 Å². The number of aromatic amines is 1. The molecule has 0 radical (unpaired) electrons. The lowest BCUT2D eigenvalue weighted by atomic mass is 10.4. The molecule has 1 aliphatic carbocycles. The van der Waals surface area contributed by atoms with Crippen molar-refractivity contribution in [2.24, 2.45) is 5.92 Å². The first-order chi connectivity index (χ1) is 7.96. The molecule has 1 saturated carbocycles.